The van der Waals surface area contributed by atoms with Gasteiger partial charge in [-0.1, -0.05) is 6.07 Å². The Balaban J connectivity index is 1.47. The SMILES string of the molecule is Cc1cc(C)nc(Sc2ccc(NC(=O)[C@H]3CC(=O)Nc4cc(F)ccc43)cc2)n1. The first-order valence-corrected chi connectivity index (χ1v) is 10.2. The average Bonchev–Trinajstić information content (AvgIpc) is 2.67. The molecule has 0 unspecified atom stereocenters. The van der Waals surface area contributed by atoms with E-state index >= 15 is 0 Å². The normalized spacial score (nSPS) is 15.3. The Morgan fingerprint density at radius 3 is 2.50 bits per heavy atom. The standard InChI is InChI=1S/C22H19FN4O2S/c1-12-9-13(2)25-22(24-12)30-16-6-4-15(5-7-16)26-21(29)18-11-20(28)27-19-10-14(23)3-8-17(18)19/h3-10,18H,11H2,1-2H3,(H,26,29)(H,27,28)/t18-/m0/s1. The lowest BCUT2D eigenvalue weighted by Crippen LogP contribution is -2.30. The average molecular weight is 422 g/mol. The van der Waals surface area contributed by atoms with Crippen LogP contribution in [0.5, 0.6) is 0 Å². The molecule has 2 N–H and O–H groups in total. The van der Waals surface area contributed by atoms with Crippen molar-refractivity contribution in [1.29, 1.82) is 0 Å². The Hall–Kier alpha value is -3.26. The monoisotopic (exact) mass is 422 g/mol. The maximum Gasteiger partial charge on any atom is 0.232 e. The van der Waals surface area contributed by atoms with Crippen molar-refractivity contribution in [2.45, 2.75) is 36.2 Å². The largest absolute Gasteiger partial charge is 0.326 e. The van der Waals surface area contributed by atoms with E-state index in [-0.39, 0.29) is 18.2 Å². The Kier molecular flexibility index (Phi) is 5.50. The highest BCUT2D eigenvalue weighted by Gasteiger charge is 2.31. The number of benzene rings is 2. The van der Waals surface area contributed by atoms with Crippen LogP contribution in [-0.2, 0) is 9.59 Å². The number of rotatable bonds is 4. The molecule has 2 amide bonds. The van der Waals surface area contributed by atoms with Crippen LogP contribution in [-0.4, -0.2) is 21.8 Å². The number of aryl methyl sites for hydroxylation is 2. The fourth-order valence-corrected chi connectivity index (χ4v) is 4.21. The Labute approximate surface area is 177 Å². The second-order valence-corrected chi connectivity index (χ2v) is 8.13. The smallest absolute Gasteiger partial charge is 0.232 e. The molecular formula is C22H19FN4O2S. The molecule has 3 aromatic rings. The van der Waals surface area contributed by atoms with Gasteiger partial charge in [0.15, 0.2) is 5.16 Å². The molecular weight excluding hydrogens is 403 g/mol. The molecule has 6 nitrogen and oxygen atoms in total. The van der Waals surface area contributed by atoms with Crippen molar-refractivity contribution in [2.75, 3.05) is 10.6 Å². The molecule has 2 heterocycles. The molecule has 152 valence electrons. The van der Waals surface area contributed by atoms with E-state index in [1.165, 1.54) is 30.0 Å². The number of carbonyl (C=O) groups is 2. The summed E-state index contributed by atoms with van der Waals surface area (Å²) in [5, 5.41) is 6.13. The van der Waals surface area contributed by atoms with E-state index in [1.54, 1.807) is 12.1 Å². The van der Waals surface area contributed by atoms with Gasteiger partial charge in [-0.3, -0.25) is 9.59 Å². The molecule has 0 spiro atoms. The van der Waals surface area contributed by atoms with Crippen molar-refractivity contribution < 1.29 is 14.0 Å². The second kappa shape index (κ2) is 8.23. The Bertz CT molecular complexity index is 1110. The van der Waals surface area contributed by atoms with E-state index in [0.29, 0.717) is 22.1 Å². The molecule has 1 aliphatic rings. The predicted octanol–water partition coefficient (Wildman–Crippen LogP) is 4.45. The minimum absolute atomic E-state index is 0.0163. The molecule has 0 aliphatic carbocycles. The van der Waals surface area contributed by atoms with Gasteiger partial charge in [0.1, 0.15) is 5.82 Å². The van der Waals surface area contributed by atoms with Crippen molar-refractivity contribution in [3.8, 4) is 0 Å². The maximum atomic E-state index is 13.5. The number of fused-ring (bicyclic) bond motifs is 1. The molecule has 0 radical (unpaired) electrons. The van der Waals surface area contributed by atoms with E-state index in [1.807, 2.05) is 32.0 Å². The highest BCUT2D eigenvalue weighted by molar-refractivity contribution is 7.99. The van der Waals surface area contributed by atoms with Crippen LogP contribution in [0.2, 0.25) is 0 Å². The van der Waals surface area contributed by atoms with Crippen molar-refractivity contribution >= 4 is 35.0 Å². The zero-order chi connectivity index (χ0) is 21.3. The molecule has 8 heteroatoms. The number of aromatic nitrogens is 2. The third-order valence-corrected chi connectivity index (χ3v) is 5.54. The Morgan fingerprint density at radius 1 is 1.10 bits per heavy atom. The fourth-order valence-electron chi connectivity index (χ4n) is 3.35. The number of amides is 2. The van der Waals surface area contributed by atoms with Crippen LogP contribution in [0.3, 0.4) is 0 Å². The summed E-state index contributed by atoms with van der Waals surface area (Å²) in [7, 11) is 0. The third kappa shape index (κ3) is 4.49. The highest BCUT2D eigenvalue weighted by Crippen LogP contribution is 2.34. The molecule has 0 saturated heterocycles. The van der Waals surface area contributed by atoms with E-state index in [9.17, 15) is 14.0 Å². The molecule has 1 atom stereocenters. The zero-order valence-electron chi connectivity index (χ0n) is 16.4. The summed E-state index contributed by atoms with van der Waals surface area (Å²) in [6.45, 7) is 3.85. The maximum absolute atomic E-state index is 13.5. The summed E-state index contributed by atoms with van der Waals surface area (Å²) < 4.78 is 13.5. The minimum atomic E-state index is -0.674. The number of hydrogen-bond donors (Lipinski definition) is 2. The van der Waals surface area contributed by atoms with Gasteiger partial charge in [0.25, 0.3) is 0 Å². The number of nitrogens with one attached hydrogen (secondary N) is 2. The van der Waals surface area contributed by atoms with E-state index in [0.717, 1.165) is 16.3 Å². The summed E-state index contributed by atoms with van der Waals surface area (Å²) in [6.07, 6.45) is 0.0163. The molecule has 0 bridgehead atoms. The number of anilines is 2. The van der Waals surface area contributed by atoms with E-state index in [4.69, 9.17) is 0 Å². The summed E-state index contributed by atoms with van der Waals surface area (Å²) in [6, 6.07) is 13.3. The summed E-state index contributed by atoms with van der Waals surface area (Å²) in [5.41, 5.74) is 3.37. The summed E-state index contributed by atoms with van der Waals surface area (Å²) in [5.74, 6) is -1.76. The highest BCUT2D eigenvalue weighted by atomic mass is 32.2. The number of halogens is 1. The van der Waals surface area contributed by atoms with Gasteiger partial charge in [-0.05, 0) is 73.6 Å². The van der Waals surface area contributed by atoms with E-state index < -0.39 is 11.7 Å². The number of nitrogens with zero attached hydrogens (tertiary/aromatic N) is 2. The van der Waals surface area contributed by atoms with Crippen molar-refractivity contribution in [1.82, 2.24) is 9.97 Å². The van der Waals surface area contributed by atoms with E-state index in [2.05, 4.69) is 20.6 Å². The molecule has 2 aromatic carbocycles. The number of carbonyl (C=O) groups excluding carboxylic acids is 2. The second-order valence-electron chi connectivity index (χ2n) is 7.09. The van der Waals surface area contributed by atoms with Crippen LogP contribution in [0.25, 0.3) is 0 Å². The Morgan fingerprint density at radius 2 is 1.80 bits per heavy atom. The lowest BCUT2D eigenvalue weighted by molar-refractivity contribution is -0.123. The van der Waals surface area contributed by atoms with Crippen LogP contribution >= 0.6 is 11.8 Å². The van der Waals surface area contributed by atoms with Gasteiger partial charge in [-0.25, -0.2) is 14.4 Å². The zero-order valence-corrected chi connectivity index (χ0v) is 17.2. The van der Waals surface area contributed by atoms with Crippen molar-refractivity contribution in [2.24, 2.45) is 0 Å². The quantitative estimate of drug-likeness (QED) is 0.607. The third-order valence-electron chi connectivity index (χ3n) is 4.66. The molecule has 0 saturated carbocycles. The predicted molar refractivity (Wildman–Crippen MR) is 113 cm³/mol. The first kappa shape index (κ1) is 20.0. The first-order valence-electron chi connectivity index (χ1n) is 9.38. The van der Waals surface area contributed by atoms with Gasteiger partial charge in [0.2, 0.25) is 11.8 Å². The topological polar surface area (TPSA) is 84.0 Å². The van der Waals surface area contributed by atoms with Crippen LogP contribution < -0.4 is 10.6 Å². The van der Waals surface area contributed by atoms with Gasteiger partial charge in [0.05, 0.1) is 5.92 Å². The fraction of sp³-hybridized carbons (Fsp3) is 0.182. The van der Waals surface area contributed by atoms with Gasteiger partial charge in [0, 0.05) is 34.1 Å². The van der Waals surface area contributed by atoms with Crippen LogP contribution in [0.4, 0.5) is 15.8 Å². The van der Waals surface area contributed by atoms with Crippen LogP contribution in [0.1, 0.15) is 29.3 Å². The summed E-state index contributed by atoms with van der Waals surface area (Å²) in [4.78, 5) is 34.5. The molecule has 1 aromatic heterocycles. The lowest BCUT2D eigenvalue weighted by Gasteiger charge is -2.25. The van der Waals surface area contributed by atoms with Crippen LogP contribution in [0.15, 0.2) is 58.6 Å². The molecule has 30 heavy (non-hydrogen) atoms. The molecule has 4 rings (SSSR count). The van der Waals surface area contributed by atoms with Crippen molar-refractivity contribution in [3.05, 3.63) is 71.3 Å². The van der Waals surface area contributed by atoms with Gasteiger partial charge < -0.3 is 10.6 Å². The van der Waals surface area contributed by atoms with Gasteiger partial charge in [-0.15, -0.1) is 0 Å². The lowest BCUT2D eigenvalue weighted by atomic mass is 9.89. The van der Waals surface area contributed by atoms with Gasteiger partial charge >= 0.3 is 0 Å². The van der Waals surface area contributed by atoms with Crippen LogP contribution in [0, 0.1) is 19.7 Å². The summed E-state index contributed by atoms with van der Waals surface area (Å²) >= 11 is 1.44. The van der Waals surface area contributed by atoms with Gasteiger partial charge in [-0.2, -0.15) is 0 Å². The first-order chi connectivity index (χ1) is 14.4. The van der Waals surface area contributed by atoms with Crippen molar-refractivity contribution in [3.63, 3.8) is 0 Å². The minimum Gasteiger partial charge on any atom is -0.326 e. The molecule has 0 fully saturated rings. The molecule has 1 aliphatic heterocycles. The number of hydrogen-bond acceptors (Lipinski definition) is 5.